The quantitative estimate of drug-likeness (QED) is 0.824. The molecule has 2 rings (SSSR count). The van der Waals surface area contributed by atoms with Crippen LogP contribution in [-0.2, 0) is 4.79 Å². The van der Waals surface area contributed by atoms with Crippen molar-refractivity contribution in [2.24, 2.45) is 0 Å². The molecular formula is C19H19ClF2N2O2. The molecule has 1 atom stereocenters. The van der Waals surface area contributed by atoms with E-state index < -0.39 is 11.7 Å². The average molecular weight is 381 g/mol. The second kappa shape index (κ2) is 8.76. The first-order valence-electron chi connectivity index (χ1n) is 8.04. The Labute approximate surface area is 155 Å². The predicted octanol–water partition coefficient (Wildman–Crippen LogP) is 3.96. The smallest absolute Gasteiger partial charge is 0.252 e. The van der Waals surface area contributed by atoms with Crippen molar-refractivity contribution >= 4 is 23.4 Å². The van der Waals surface area contributed by atoms with E-state index in [1.807, 2.05) is 6.92 Å². The number of amides is 2. The van der Waals surface area contributed by atoms with Gasteiger partial charge in [0.1, 0.15) is 11.6 Å². The van der Waals surface area contributed by atoms with Crippen LogP contribution in [0.15, 0.2) is 42.5 Å². The molecule has 7 heteroatoms. The van der Waals surface area contributed by atoms with Crippen LogP contribution in [0.2, 0.25) is 5.02 Å². The first-order valence-corrected chi connectivity index (χ1v) is 8.41. The lowest BCUT2D eigenvalue weighted by Gasteiger charge is -2.25. The largest absolute Gasteiger partial charge is 0.351 e. The van der Waals surface area contributed by atoms with Crippen LogP contribution in [0, 0.1) is 11.6 Å². The maximum Gasteiger partial charge on any atom is 0.252 e. The number of halogens is 3. The van der Waals surface area contributed by atoms with Crippen LogP contribution in [0.3, 0.4) is 0 Å². The number of rotatable bonds is 6. The highest BCUT2D eigenvalue weighted by atomic mass is 35.5. The zero-order valence-corrected chi connectivity index (χ0v) is 15.2. The fourth-order valence-corrected chi connectivity index (χ4v) is 2.66. The van der Waals surface area contributed by atoms with Gasteiger partial charge in [0.05, 0.1) is 16.6 Å². The van der Waals surface area contributed by atoms with E-state index in [2.05, 4.69) is 5.32 Å². The number of hydrogen-bond donors (Lipinski definition) is 1. The third-order valence-electron chi connectivity index (χ3n) is 4.13. The molecule has 0 heterocycles. The van der Waals surface area contributed by atoms with Gasteiger partial charge in [0.15, 0.2) is 0 Å². The summed E-state index contributed by atoms with van der Waals surface area (Å²) in [7, 11) is 1.65. The van der Waals surface area contributed by atoms with Crippen LogP contribution in [0.25, 0.3) is 0 Å². The van der Waals surface area contributed by atoms with E-state index >= 15 is 0 Å². The summed E-state index contributed by atoms with van der Waals surface area (Å²) < 4.78 is 26.0. The van der Waals surface area contributed by atoms with Crippen molar-refractivity contribution in [3.8, 4) is 0 Å². The van der Waals surface area contributed by atoms with Crippen LogP contribution >= 0.6 is 11.6 Å². The minimum Gasteiger partial charge on any atom is -0.351 e. The second-order valence-electron chi connectivity index (χ2n) is 5.86. The molecule has 2 amide bonds. The third-order valence-corrected chi connectivity index (χ3v) is 4.44. The zero-order valence-electron chi connectivity index (χ0n) is 14.4. The standard InChI is InChI=1S/C19H19ClF2N2O2/c1-12(13-3-5-14(21)6-4-13)24(2)18(25)9-10-23-19(26)16-8-7-15(22)11-17(16)20/h3-8,11-12H,9-10H2,1-2H3,(H,23,26). The molecule has 138 valence electrons. The zero-order chi connectivity index (χ0) is 19.3. The summed E-state index contributed by atoms with van der Waals surface area (Å²) in [6.45, 7) is 1.95. The Morgan fingerprint density at radius 2 is 1.73 bits per heavy atom. The van der Waals surface area contributed by atoms with E-state index in [1.54, 1.807) is 19.2 Å². The number of hydrogen-bond acceptors (Lipinski definition) is 2. The van der Waals surface area contributed by atoms with Gasteiger partial charge in [0, 0.05) is 20.0 Å². The maximum atomic E-state index is 13.0. The molecule has 0 fully saturated rings. The van der Waals surface area contributed by atoms with Gasteiger partial charge >= 0.3 is 0 Å². The summed E-state index contributed by atoms with van der Waals surface area (Å²) >= 11 is 5.83. The second-order valence-corrected chi connectivity index (χ2v) is 6.27. The number of benzene rings is 2. The molecular weight excluding hydrogens is 362 g/mol. The molecule has 0 saturated heterocycles. The molecule has 0 bridgehead atoms. The lowest BCUT2D eigenvalue weighted by atomic mass is 10.1. The first kappa shape index (κ1) is 19.8. The normalized spacial score (nSPS) is 11.7. The minimum absolute atomic E-state index is 0.0101. The van der Waals surface area contributed by atoms with Gasteiger partial charge in [-0.25, -0.2) is 8.78 Å². The Kier molecular flexibility index (Phi) is 6.69. The van der Waals surface area contributed by atoms with Crippen molar-refractivity contribution in [2.75, 3.05) is 13.6 Å². The summed E-state index contributed by atoms with van der Waals surface area (Å²) in [6.07, 6.45) is 0.0899. The monoisotopic (exact) mass is 380 g/mol. The molecule has 2 aromatic rings. The van der Waals surface area contributed by atoms with E-state index in [4.69, 9.17) is 11.6 Å². The number of nitrogens with one attached hydrogen (secondary N) is 1. The van der Waals surface area contributed by atoms with Gasteiger partial charge in [0.2, 0.25) is 5.91 Å². The first-order chi connectivity index (χ1) is 12.3. The van der Waals surface area contributed by atoms with Crippen molar-refractivity contribution in [2.45, 2.75) is 19.4 Å². The van der Waals surface area contributed by atoms with Gasteiger partial charge in [-0.1, -0.05) is 23.7 Å². The van der Waals surface area contributed by atoms with Crippen LogP contribution < -0.4 is 5.32 Å². The lowest BCUT2D eigenvalue weighted by molar-refractivity contribution is -0.131. The topological polar surface area (TPSA) is 49.4 Å². The Hall–Kier alpha value is -2.47. The highest BCUT2D eigenvalue weighted by molar-refractivity contribution is 6.33. The predicted molar refractivity (Wildman–Crippen MR) is 95.9 cm³/mol. The summed E-state index contributed by atoms with van der Waals surface area (Å²) in [4.78, 5) is 25.8. The molecule has 0 spiro atoms. The minimum atomic E-state index is -0.530. The molecule has 0 aliphatic rings. The Bertz CT molecular complexity index is 797. The van der Waals surface area contributed by atoms with E-state index in [1.165, 1.54) is 23.1 Å². The fraction of sp³-hybridized carbons (Fsp3) is 0.263. The Balaban J connectivity index is 1.87. The molecule has 1 N–H and O–H groups in total. The molecule has 0 aliphatic carbocycles. The average Bonchev–Trinajstić information content (AvgIpc) is 2.60. The Morgan fingerprint density at radius 1 is 1.12 bits per heavy atom. The van der Waals surface area contributed by atoms with Crippen molar-refractivity contribution in [1.29, 1.82) is 0 Å². The van der Waals surface area contributed by atoms with Crippen molar-refractivity contribution in [3.05, 3.63) is 70.2 Å². The number of nitrogens with zero attached hydrogens (tertiary/aromatic N) is 1. The van der Waals surface area contributed by atoms with Crippen LogP contribution in [0.4, 0.5) is 8.78 Å². The van der Waals surface area contributed by atoms with Gasteiger partial charge in [-0.3, -0.25) is 9.59 Å². The van der Waals surface area contributed by atoms with Gasteiger partial charge in [-0.05, 0) is 42.8 Å². The molecule has 2 aromatic carbocycles. The highest BCUT2D eigenvalue weighted by Gasteiger charge is 2.18. The lowest BCUT2D eigenvalue weighted by Crippen LogP contribution is -2.33. The van der Waals surface area contributed by atoms with Gasteiger partial charge in [-0.2, -0.15) is 0 Å². The van der Waals surface area contributed by atoms with Crippen molar-refractivity contribution in [1.82, 2.24) is 10.2 Å². The van der Waals surface area contributed by atoms with Gasteiger partial charge < -0.3 is 10.2 Å². The summed E-state index contributed by atoms with van der Waals surface area (Å²) in [6, 6.07) is 9.20. The van der Waals surface area contributed by atoms with E-state index in [0.717, 1.165) is 17.7 Å². The van der Waals surface area contributed by atoms with Crippen LogP contribution in [0.5, 0.6) is 0 Å². The number of carbonyl (C=O) groups is 2. The van der Waals surface area contributed by atoms with Crippen LogP contribution in [0.1, 0.15) is 35.3 Å². The maximum absolute atomic E-state index is 13.0. The molecule has 0 saturated carbocycles. The fourth-order valence-electron chi connectivity index (χ4n) is 2.41. The van der Waals surface area contributed by atoms with Crippen LogP contribution in [-0.4, -0.2) is 30.3 Å². The summed E-state index contributed by atoms with van der Waals surface area (Å²) in [5, 5.41) is 2.60. The van der Waals surface area contributed by atoms with Gasteiger partial charge in [-0.15, -0.1) is 0 Å². The third kappa shape index (κ3) is 5.02. The molecule has 1 unspecified atom stereocenters. The molecule has 0 radical (unpaired) electrons. The summed E-state index contributed by atoms with van der Waals surface area (Å²) in [5.74, 6) is -1.51. The Morgan fingerprint density at radius 3 is 2.35 bits per heavy atom. The van der Waals surface area contributed by atoms with Gasteiger partial charge in [0.25, 0.3) is 5.91 Å². The SMILES string of the molecule is CC(c1ccc(F)cc1)N(C)C(=O)CCNC(=O)c1ccc(F)cc1Cl. The highest BCUT2D eigenvalue weighted by Crippen LogP contribution is 2.20. The van der Waals surface area contributed by atoms with Crippen molar-refractivity contribution < 1.29 is 18.4 Å². The van der Waals surface area contributed by atoms with E-state index in [9.17, 15) is 18.4 Å². The van der Waals surface area contributed by atoms with E-state index in [0.29, 0.717) is 0 Å². The molecule has 0 aromatic heterocycles. The number of carbonyl (C=O) groups excluding carboxylic acids is 2. The molecule has 4 nitrogen and oxygen atoms in total. The van der Waals surface area contributed by atoms with E-state index in [-0.39, 0.29) is 41.3 Å². The van der Waals surface area contributed by atoms with Crippen molar-refractivity contribution in [3.63, 3.8) is 0 Å². The molecule has 26 heavy (non-hydrogen) atoms. The summed E-state index contributed by atoms with van der Waals surface area (Å²) in [5.41, 5.74) is 0.956. The molecule has 0 aliphatic heterocycles.